The lowest BCUT2D eigenvalue weighted by molar-refractivity contribution is 0.630. The van der Waals surface area contributed by atoms with Crippen LogP contribution in [0.5, 0.6) is 0 Å². The average molecular weight is 340 g/mol. The van der Waals surface area contributed by atoms with Gasteiger partial charge >= 0.3 is 0 Å². The second kappa shape index (κ2) is 8.35. The van der Waals surface area contributed by atoms with Gasteiger partial charge in [-0.2, -0.15) is 0 Å². The lowest BCUT2D eigenvalue weighted by Gasteiger charge is -2.18. The van der Waals surface area contributed by atoms with Gasteiger partial charge < -0.3 is 0 Å². The van der Waals surface area contributed by atoms with E-state index >= 15 is 0 Å². The smallest absolute Gasteiger partial charge is 0.117 e. The van der Waals surface area contributed by atoms with Crippen LogP contribution in [0.1, 0.15) is 18.0 Å². The summed E-state index contributed by atoms with van der Waals surface area (Å²) in [5.41, 5.74) is 1.12. The first-order chi connectivity index (χ1) is 10.1. The van der Waals surface area contributed by atoms with Crippen molar-refractivity contribution in [2.45, 2.75) is 12.5 Å². The predicted octanol–water partition coefficient (Wildman–Crippen LogP) is 4.89. The first-order valence-corrected chi connectivity index (χ1v) is 8.41. The van der Waals surface area contributed by atoms with Crippen LogP contribution < -0.4 is 4.72 Å². The molecule has 110 valence electrons. The van der Waals surface area contributed by atoms with E-state index in [1.807, 2.05) is 60.7 Å². The Kier molecular flexibility index (Phi) is 6.46. The molecule has 3 rings (SSSR count). The summed E-state index contributed by atoms with van der Waals surface area (Å²) in [5, 5.41) is 3.19. The number of benzene rings is 2. The number of hydrogen-bond acceptors (Lipinski definition) is 1. The van der Waals surface area contributed by atoms with Crippen molar-refractivity contribution in [3.05, 3.63) is 81.7 Å². The number of rotatable bonds is 1. The molecular weight excluding hydrogens is 325 g/mol. The van der Waals surface area contributed by atoms with Crippen LogP contribution in [-0.4, -0.2) is 4.21 Å². The zero-order valence-corrected chi connectivity index (χ0v) is 13.5. The van der Waals surface area contributed by atoms with Gasteiger partial charge in [0.05, 0.1) is 0 Å². The van der Waals surface area contributed by atoms with Crippen molar-refractivity contribution in [3.8, 4) is 0 Å². The van der Waals surface area contributed by atoms with Crippen molar-refractivity contribution >= 4 is 34.2 Å². The number of nitrogens with one attached hydrogen (secondary N) is 1. The summed E-state index contributed by atoms with van der Waals surface area (Å²) in [6.45, 7) is 0. The van der Waals surface area contributed by atoms with Crippen LogP contribution in [0.4, 0.5) is 0 Å². The summed E-state index contributed by atoms with van der Waals surface area (Å²) in [5.74, 6) is 0. The minimum absolute atomic E-state index is 0.137. The molecular formula is C16H15Cl2NOS. The molecule has 1 heterocycles. The Hall–Kier alpha value is -1.13. The van der Waals surface area contributed by atoms with Gasteiger partial charge in [-0.25, -0.2) is 8.93 Å². The van der Waals surface area contributed by atoms with E-state index in [9.17, 15) is 4.21 Å². The first-order valence-electron chi connectivity index (χ1n) is 6.44. The minimum atomic E-state index is -1.04. The third kappa shape index (κ3) is 5.64. The molecule has 0 amide bonds. The van der Waals surface area contributed by atoms with Crippen molar-refractivity contribution in [1.82, 2.24) is 4.72 Å². The fraction of sp³-hybridized carbons (Fsp3) is 0.125. The van der Waals surface area contributed by atoms with Gasteiger partial charge in [-0.3, -0.25) is 0 Å². The summed E-state index contributed by atoms with van der Waals surface area (Å²) in [6, 6.07) is 17.2. The molecule has 2 aromatic carbocycles. The van der Waals surface area contributed by atoms with Gasteiger partial charge in [0, 0.05) is 21.5 Å². The summed E-state index contributed by atoms with van der Waals surface area (Å²) in [7, 11) is -1.04. The summed E-state index contributed by atoms with van der Waals surface area (Å²) >= 11 is 11.3. The topological polar surface area (TPSA) is 29.1 Å². The molecule has 0 aliphatic carbocycles. The highest BCUT2D eigenvalue weighted by Gasteiger charge is 2.14. The minimum Gasteiger partial charge on any atom is -0.238 e. The molecule has 1 N–H and O–H groups in total. The van der Waals surface area contributed by atoms with Crippen molar-refractivity contribution in [3.63, 3.8) is 0 Å². The third-order valence-electron chi connectivity index (χ3n) is 2.86. The van der Waals surface area contributed by atoms with Gasteiger partial charge in [-0.1, -0.05) is 59.6 Å². The van der Waals surface area contributed by atoms with E-state index in [1.54, 1.807) is 5.41 Å². The Morgan fingerprint density at radius 2 is 1.57 bits per heavy atom. The molecule has 1 aliphatic rings. The van der Waals surface area contributed by atoms with Crippen LogP contribution >= 0.6 is 23.2 Å². The zero-order chi connectivity index (χ0) is 15.1. The molecule has 2 aromatic rings. The Bertz CT molecular complexity index is 614. The third-order valence-corrected chi connectivity index (χ3v) is 4.32. The fourth-order valence-electron chi connectivity index (χ4n) is 1.82. The molecule has 0 spiro atoms. The lowest BCUT2D eigenvalue weighted by Crippen LogP contribution is -2.24. The van der Waals surface area contributed by atoms with Crippen molar-refractivity contribution in [1.29, 1.82) is 0 Å². The number of hydrogen-bond donors (Lipinski definition) is 1. The zero-order valence-electron chi connectivity index (χ0n) is 11.2. The maximum atomic E-state index is 11.2. The maximum absolute atomic E-state index is 11.2. The molecule has 1 aliphatic heterocycles. The standard InChI is InChI=1S/C10H10ClNOS.C6H5Cl/c11-9-5-3-8(4-6-9)10-2-1-7-14(13)12-10;7-6-4-2-1-3-5-6/h1,3-7,10,12H,2H2;1-5H. The SMILES string of the molecule is Clc1ccccc1.O=S1C=CCC(c2ccc(Cl)cc2)N1. The van der Waals surface area contributed by atoms with Crippen LogP contribution in [0, 0.1) is 0 Å². The van der Waals surface area contributed by atoms with Crippen molar-refractivity contribution in [2.24, 2.45) is 0 Å². The molecule has 2 nitrogen and oxygen atoms in total. The summed E-state index contributed by atoms with van der Waals surface area (Å²) in [6.07, 6.45) is 2.80. The monoisotopic (exact) mass is 339 g/mol. The van der Waals surface area contributed by atoms with Gasteiger partial charge in [0.1, 0.15) is 11.0 Å². The van der Waals surface area contributed by atoms with Gasteiger partial charge in [-0.15, -0.1) is 0 Å². The highest BCUT2D eigenvalue weighted by atomic mass is 35.5. The quantitative estimate of drug-likeness (QED) is 0.787. The highest BCUT2D eigenvalue weighted by Crippen LogP contribution is 2.22. The number of halogens is 2. The molecule has 2 unspecified atom stereocenters. The Morgan fingerprint density at radius 1 is 0.952 bits per heavy atom. The van der Waals surface area contributed by atoms with E-state index in [0.717, 1.165) is 22.0 Å². The van der Waals surface area contributed by atoms with E-state index in [2.05, 4.69) is 4.72 Å². The van der Waals surface area contributed by atoms with Crippen LogP contribution in [-0.2, 0) is 11.0 Å². The first kappa shape index (κ1) is 16.2. The Balaban J connectivity index is 0.000000194. The normalized spacial score (nSPS) is 20.5. The average Bonchev–Trinajstić information content (AvgIpc) is 2.49. The van der Waals surface area contributed by atoms with Gasteiger partial charge in [-0.05, 0) is 36.2 Å². The molecule has 5 heteroatoms. The van der Waals surface area contributed by atoms with Gasteiger partial charge in [0.25, 0.3) is 0 Å². The Labute approximate surface area is 137 Å². The fourth-order valence-corrected chi connectivity index (χ4v) is 2.97. The second-order valence-electron chi connectivity index (χ2n) is 4.42. The largest absolute Gasteiger partial charge is 0.238 e. The van der Waals surface area contributed by atoms with E-state index in [4.69, 9.17) is 23.2 Å². The van der Waals surface area contributed by atoms with Crippen LogP contribution in [0.2, 0.25) is 10.0 Å². The van der Waals surface area contributed by atoms with Gasteiger partial charge in [0.2, 0.25) is 0 Å². The van der Waals surface area contributed by atoms with Crippen LogP contribution in [0.15, 0.2) is 66.1 Å². The molecule has 21 heavy (non-hydrogen) atoms. The van der Waals surface area contributed by atoms with Gasteiger partial charge in [0.15, 0.2) is 0 Å². The van der Waals surface area contributed by atoms with E-state index in [1.165, 1.54) is 0 Å². The predicted molar refractivity (Wildman–Crippen MR) is 90.7 cm³/mol. The molecule has 2 atom stereocenters. The second-order valence-corrected chi connectivity index (χ2v) is 6.40. The lowest BCUT2D eigenvalue weighted by atomic mass is 10.1. The Morgan fingerprint density at radius 3 is 2.10 bits per heavy atom. The summed E-state index contributed by atoms with van der Waals surface area (Å²) < 4.78 is 14.2. The molecule has 0 radical (unpaired) electrons. The molecule has 0 saturated heterocycles. The molecule has 0 saturated carbocycles. The molecule has 0 fully saturated rings. The van der Waals surface area contributed by atoms with Crippen LogP contribution in [0.25, 0.3) is 0 Å². The van der Waals surface area contributed by atoms with E-state index in [-0.39, 0.29) is 6.04 Å². The highest BCUT2D eigenvalue weighted by molar-refractivity contribution is 7.86. The summed E-state index contributed by atoms with van der Waals surface area (Å²) in [4.78, 5) is 0. The van der Waals surface area contributed by atoms with E-state index < -0.39 is 11.0 Å². The van der Waals surface area contributed by atoms with Crippen LogP contribution in [0.3, 0.4) is 0 Å². The maximum Gasteiger partial charge on any atom is 0.117 e. The molecule has 0 aromatic heterocycles. The molecule has 0 bridgehead atoms. The van der Waals surface area contributed by atoms with E-state index in [0.29, 0.717) is 0 Å². The van der Waals surface area contributed by atoms with Crippen molar-refractivity contribution in [2.75, 3.05) is 0 Å². The van der Waals surface area contributed by atoms with Crippen molar-refractivity contribution < 1.29 is 4.21 Å².